The van der Waals surface area contributed by atoms with E-state index in [-0.39, 0.29) is 0 Å². The summed E-state index contributed by atoms with van der Waals surface area (Å²) < 4.78 is 0. The Labute approximate surface area is 97.4 Å². The molecule has 0 aromatic heterocycles. The van der Waals surface area contributed by atoms with Gasteiger partial charge in [-0.05, 0) is 51.0 Å². The lowest BCUT2D eigenvalue weighted by Gasteiger charge is -2.42. The number of amides is 1. The summed E-state index contributed by atoms with van der Waals surface area (Å²) in [5, 5.41) is 0. The number of hydrogen-bond acceptors (Lipinski definition) is 2. The molecule has 0 radical (unpaired) electrons. The summed E-state index contributed by atoms with van der Waals surface area (Å²) in [7, 11) is 0. The molecule has 2 bridgehead atoms. The minimum absolute atomic E-state index is 0.373. The minimum Gasteiger partial charge on any atom is -0.336 e. The maximum atomic E-state index is 12.3. The molecule has 0 spiro atoms. The molecule has 2 N–H and O–H groups in total. The van der Waals surface area contributed by atoms with Gasteiger partial charge in [0.25, 0.3) is 0 Å². The third-order valence-electron chi connectivity index (χ3n) is 4.87. The fourth-order valence-corrected chi connectivity index (χ4v) is 3.71. The smallest absolute Gasteiger partial charge is 0.226 e. The van der Waals surface area contributed by atoms with Gasteiger partial charge >= 0.3 is 0 Å². The number of rotatable bonds is 2. The number of fused-ring (bicyclic) bond motifs is 2. The van der Waals surface area contributed by atoms with Crippen LogP contribution in [0.25, 0.3) is 0 Å². The van der Waals surface area contributed by atoms with Crippen LogP contribution < -0.4 is 5.73 Å². The van der Waals surface area contributed by atoms with Gasteiger partial charge < -0.3 is 10.6 Å². The van der Waals surface area contributed by atoms with Gasteiger partial charge in [0, 0.05) is 18.0 Å². The largest absolute Gasteiger partial charge is 0.336 e. The van der Waals surface area contributed by atoms with Crippen LogP contribution in [0, 0.1) is 11.8 Å². The van der Waals surface area contributed by atoms with Gasteiger partial charge in [-0.1, -0.05) is 6.42 Å². The van der Waals surface area contributed by atoms with Crippen LogP contribution in [-0.4, -0.2) is 29.4 Å². The maximum Gasteiger partial charge on any atom is 0.226 e. The molecule has 2 heterocycles. The zero-order valence-electron chi connectivity index (χ0n) is 9.90. The Hall–Kier alpha value is -0.570. The van der Waals surface area contributed by atoms with Crippen LogP contribution in [0.4, 0.5) is 0 Å². The molecule has 2 unspecified atom stereocenters. The number of hydrogen-bond donors (Lipinski definition) is 1. The summed E-state index contributed by atoms with van der Waals surface area (Å²) in [6.07, 6.45) is 8.28. The van der Waals surface area contributed by atoms with E-state index in [4.69, 9.17) is 5.73 Å². The van der Waals surface area contributed by atoms with Crippen LogP contribution in [0.15, 0.2) is 0 Å². The quantitative estimate of drug-likeness (QED) is 0.770. The Bertz CT molecular complexity index is 274. The van der Waals surface area contributed by atoms with Crippen molar-refractivity contribution in [3.05, 3.63) is 0 Å². The molecule has 1 aliphatic carbocycles. The second kappa shape index (κ2) is 4.02. The van der Waals surface area contributed by atoms with E-state index in [9.17, 15) is 4.79 Å². The first-order valence-corrected chi connectivity index (χ1v) is 6.82. The van der Waals surface area contributed by atoms with Gasteiger partial charge in [0.1, 0.15) is 0 Å². The average Bonchev–Trinajstić information content (AvgIpc) is 2.47. The molecule has 2 aliphatic heterocycles. The lowest BCUT2D eigenvalue weighted by Crippen LogP contribution is -2.50. The monoisotopic (exact) mass is 222 g/mol. The number of carbonyl (C=O) groups is 1. The molecular formula is C13H22N2O. The molecule has 90 valence electrons. The highest BCUT2D eigenvalue weighted by molar-refractivity contribution is 5.80. The molecule has 16 heavy (non-hydrogen) atoms. The number of nitrogens with two attached hydrogens (primary N) is 1. The van der Waals surface area contributed by atoms with Gasteiger partial charge in [-0.15, -0.1) is 0 Å². The molecule has 3 fully saturated rings. The summed E-state index contributed by atoms with van der Waals surface area (Å²) in [5.74, 6) is 1.51. The van der Waals surface area contributed by atoms with Crippen molar-refractivity contribution in [2.24, 2.45) is 17.6 Å². The van der Waals surface area contributed by atoms with Crippen molar-refractivity contribution in [3.8, 4) is 0 Å². The van der Waals surface area contributed by atoms with Gasteiger partial charge in [-0.3, -0.25) is 4.79 Å². The highest BCUT2D eigenvalue weighted by Crippen LogP contribution is 2.41. The molecule has 1 saturated carbocycles. The summed E-state index contributed by atoms with van der Waals surface area (Å²) in [4.78, 5) is 14.6. The van der Waals surface area contributed by atoms with Gasteiger partial charge in [0.2, 0.25) is 5.91 Å². The van der Waals surface area contributed by atoms with Crippen LogP contribution in [0.2, 0.25) is 0 Å². The van der Waals surface area contributed by atoms with Crippen molar-refractivity contribution >= 4 is 5.91 Å². The second-order valence-corrected chi connectivity index (χ2v) is 5.83. The number of carbonyl (C=O) groups excluding carboxylic acids is 1. The van der Waals surface area contributed by atoms with E-state index in [2.05, 4.69) is 4.90 Å². The first-order chi connectivity index (χ1) is 7.79. The van der Waals surface area contributed by atoms with E-state index in [1.54, 1.807) is 0 Å². The van der Waals surface area contributed by atoms with Crippen LogP contribution in [-0.2, 0) is 4.79 Å². The van der Waals surface area contributed by atoms with E-state index in [1.807, 2.05) is 0 Å². The highest BCUT2D eigenvalue weighted by atomic mass is 16.2. The molecule has 0 aromatic carbocycles. The van der Waals surface area contributed by atoms with Gasteiger partial charge in [0.15, 0.2) is 0 Å². The van der Waals surface area contributed by atoms with Crippen LogP contribution in [0.5, 0.6) is 0 Å². The van der Waals surface area contributed by atoms with E-state index >= 15 is 0 Å². The van der Waals surface area contributed by atoms with Crippen LogP contribution in [0.1, 0.15) is 44.9 Å². The zero-order chi connectivity index (χ0) is 11.1. The first kappa shape index (κ1) is 10.6. The molecule has 3 nitrogen and oxygen atoms in total. The van der Waals surface area contributed by atoms with Crippen molar-refractivity contribution in [2.45, 2.75) is 57.0 Å². The van der Waals surface area contributed by atoms with Gasteiger partial charge in [-0.2, -0.15) is 0 Å². The molecule has 1 amide bonds. The van der Waals surface area contributed by atoms with E-state index in [1.165, 1.54) is 19.3 Å². The summed E-state index contributed by atoms with van der Waals surface area (Å²) in [6, 6.07) is 1.06. The van der Waals surface area contributed by atoms with E-state index < -0.39 is 0 Å². The SMILES string of the molecule is NCC1CC2CCC(C1)N2C(=O)C1CCC1. The van der Waals surface area contributed by atoms with Crippen molar-refractivity contribution in [1.29, 1.82) is 0 Å². The lowest BCUT2D eigenvalue weighted by atomic mass is 9.82. The fourth-order valence-electron chi connectivity index (χ4n) is 3.71. The molecule has 0 aromatic rings. The zero-order valence-corrected chi connectivity index (χ0v) is 9.90. The lowest BCUT2D eigenvalue weighted by molar-refractivity contribution is -0.143. The average molecular weight is 222 g/mol. The molecule has 3 aliphatic rings. The van der Waals surface area contributed by atoms with Gasteiger partial charge in [-0.25, -0.2) is 0 Å². The number of piperidine rings is 1. The molecule has 3 heteroatoms. The summed E-state index contributed by atoms with van der Waals surface area (Å²) >= 11 is 0. The van der Waals surface area contributed by atoms with Crippen molar-refractivity contribution in [2.75, 3.05) is 6.54 Å². The topological polar surface area (TPSA) is 46.3 Å². The molecule has 2 saturated heterocycles. The predicted molar refractivity (Wildman–Crippen MR) is 62.8 cm³/mol. The predicted octanol–water partition coefficient (Wildman–Crippen LogP) is 1.51. The molecule has 2 atom stereocenters. The Morgan fingerprint density at radius 2 is 1.75 bits per heavy atom. The fraction of sp³-hybridized carbons (Fsp3) is 0.923. The second-order valence-electron chi connectivity index (χ2n) is 5.83. The Morgan fingerprint density at radius 1 is 1.12 bits per heavy atom. The molecule has 3 rings (SSSR count). The van der Waals surface area contributed by atoms with Crippen molar-refractivity contribution in [1.82, 2.24) is 4.90 Å². The maximum absolute atomic E-state index is 12.3. The Morgan fingerprint density at radius 3 is 2.19 bits per heavy atom. The van der Waals surface area contributed by atoms with Crippen molar-refractivity contribution in [3.63, 3.8) is 0 Å². The number of nitrogens with zero attached hydrogens (tertiary/aromatic N) is 1. The minimum atomic E-state index is 0.373. The molecular weight excluding hydrogens is 200 g/mol. The van der Waals surface area contributed by atoms with Crippen LogP contribution in [0.3, 0.4) is 0 Å². The first-order valence-electron chi connectivity index (χ1n) is 6.82. The van der Waals surface area contributed by atoms with Gasteiger partial charge in [0.05, 0.1) is 0 Å². The van der Waals surface area contributed by atoms with Crippen LogP contribution >= 0.6 is 0 Å². The third-order valence-corrected chi connectivity index (χ3v) is 4.87. The van der Waals surface area contributed by atoms with E-state index in [0.29, 0.717) is 29.8 Å². The summed E-state index contributed by atoms with van der Waals surface area (Å²) in [5.41, 5.74) is 5.77. The Balaban J connectivity index is 1.70. The third kappa shape index (κ3) is 1.56. The standard InChI is InChI=1S/C13H22N2O/c14-8-9-6-11-4-5-12(7-9)15(11)13(16)10-2-1-3-10/h9-12H,1-8,14H2. The normalized spacial score (nSPS) is 38.6. The van der Waals surface area contributed by atoms with Crippen molar-refractivity contribution < 1.29 is 4.79 Å². The Kier molecular flexibility index (Phi) is 2.66. The highest BCUT2D eigenvalue weighted by Gasteiger charge is 2.45. The van der Waals surface area contributed by atoms with E-state index in [0.717, 1.165) is 32.2 Å². The summed E-state index contributed by atoms with van der Waals surface area (Å²) in [6.45, 7) is 0.804.